The highest BCUT2D eigenvalue weighted by Gasteiger charge is 2.10. The van der Waals surface area contributed by atoms with E-state index in [1.807, 2.05) is 0 Å². The number of pyridine rings is 1. The lowest BCUT2D eigenvalue weighted by Gasteiger charge is -1.99. The van der Waals surface area contributed by atoms with E-state index in [1.54, 1.807) is 23.6 Å². The Balaban J connectivity index is 2.70. The number of aryl methyl sites for hydroxylation is 1. The van der Waals surface area contributed by atoms with Gasteiger partial charge in [-0.1, -0.05) is 23.2 Å². The molecule has 0 aliphatic carbocycles. The third-order valence-corrected chi connectivity index (χ3v) is 2.73. The van der Waals surface area contributed by atoms with Gasteiger partial charge in [0.05, 0.1) is 21.4 Å². The van der Waals surface area contributed by atoms with Crippen molar-refractivity contribution < 1.29 is 9.90 Å². The van der Waals surface area contributed by atoms with Gasteiger partial charge in [-0.2, -0.15) is 0 Å². The van der Waals surface area contributed by atoms with Crippen molar-refractivity contribution in [2.24, 2.45) is 0 Å². The number of hydrogen-bond acceptors (Lipinski definition) is 2. The summed E-state index contributed by atoms with van der Waals surface area (Å²) in [5.74, 6) is -1.02. The van der Waals surface area contributed by atoms with Crippen LogP contribution in [-0.2, 0) is 4.79 Å². The van der Waals surface area contributed by atoms with Crippen molar-refractivity contribution in [1.82, 2.24) is 9.38 Å². The van der Waals surface area contributed by atoms with Gasteiger partial charge >= 0.3 is 5.97 Å². The Kier molecular flexibility index (Phi) is 3.09. The molecule has 0 aliphatic rings. The standard InChI is InChI=1S/C11H8Cl2N2O2/c1-6-9(2-3-10(16)17)15-5-7(12)4-8(13)11(15)14-6/h2-5H,1H3,(H,16,17)/b3-2+. The van der Waals surface area contributed by atoms with Gasteiger partial charge in [0.2, 0.25) is 0 Å². The summed E-state index contributed by atoms with van der Waals surface area (Å²) in [6, 6.07) is 1.59. The van der Waals surface area contributed by atoms with Crippen LogP contribution in [0.3, 0.4) is 0 Å². The van der Waals surface area contributed by atoms with Gasteiger partial charge in [0.1, 0.15) is 0 Å². The van der Waals surface area contributed by atoms with Crippen LogP contribution in [0.25, 0.3) is 11.7 Å². The van der Waals surface area contributed by atoms with E-state index in [0.717, 1.165) is 6.08 Å². The van der Waals surface area contributed by atoms with Gasteiger partial charge in [0, 0.05) is 12.3 Å². The van der Waals surface area contributed by atoms with Crippen LogP contribution in [0.4, 0.5) is 0 Å². The highest BCUT2D eigenvalue weighted by atomic mass is 35.5. The molecule has 1 N–H and O–H groups in total. The summed E-state index contributed by atoms with van der Waals surface area (Å²) in [5.41, 5.74) is 1.89. The monoisotopic (exact) mass is 270 g/mol. The quantitative estimate of drug-likeness (QED) is 0.854. The van der Waals surface area contributed by atoms with Crippen LogP contribution in [0.2, 0.25) is 10.0 Å². The molecule has 4 nitrogen and oxygen atoms in total. The average molecular weight is 271 g/mol. The first-order valence-corrected chi connectivity index (χ1v) is 5.49. The van der Waals surface area contributed by atoms with Crippen LogP contribution in [0, 0.1) is 6.92 Å². The van der Waals surface area contributed by atoms with Gasteiger partial charge in [0.25, 0.3) is 0 Å². The Morgan fingerprint density at radius 2 is 2.24 bits per heavy atom. The first-order chi connectivity index (χ1) is 7.99. The molecule has 0 spiro atoms. The lowest BCUT2D eigenvalue weighted by Crippen LogP contribution is -1.91. The third kappa shape index (κ3) is 2.28. The molecule has 0 atom stereocenters. The molecule has 6 heteroatoms. The molecule has 2 rings (SSSR count). The number of imidazole rings is 1. The highest BCUT2D eigenvalue weighted by molar-refractivity contribution is 6.36. The molecule has 88 valence electrons. The zero-order chi connectivity index (χ0) is 12.6. The van der Waals surface area contributed by atoms with E-state index in [9.17, 15) is 4.79 Å². The van der Waals surface area contributed by atoms with Crippen LogP contribution in [0.5, 0.6) is 0 Å². The average Bonchev–Trinajstić information content (AvgIpc) is 2.52. The van der Waals surface area contributed by atoms with Crippen molar-refractivity contribution in [3.63, 3.8) is 0 Å². The van der Waals surface area contributed by atoms with Gasteiger partial charge in [-0.05, 0) is 19.1 Å². The highest BCUT2D eigenvalue weighted by Crippen LogP contribution is 2.24. The Labute approximate surface area is 107 Å². The molecule has 0 aliphatic heterocycles. The molecular formula is C11H8Cl2N2O2. The predicted octanol–water partition coefficient (Wildman–Crippen LogP) is 3.05. The second kappa shape index (κ2) is 4.39. The van der Waals surface area contributed by atoms with Crippen molar-refractivity contribution >= 4 is 40.9 Å². The number of rotatable bonds is 2. The molecule has 0 radical (unpaired) electrons. The maximum absolute atomic E-state index is 10.5. The Morgan fingerprint density at radius 3 is 2.88 bits per heavy atom. The summed E-state index contributed by atoms with van der Waals surface area (Å²) < 4.78 is 1.67. The smallest absolute Gasteiger partial charge is 0.328 e. The number of fused-ring (bicyclic) bond motifs is 1. The van der Waals surface area contributed by atoms with E-state index in [0.29, 0.717) is 27.1 Å². The number of carbonyl (C=O) groups is 1. The number of aliphatic carboxylic acids is 1. The van der Waals surface area contributed by atoms with E-state index in [2.05, 4.69) is 4.98 Å². The fraction of sp³-hybridized carbons (Fsp3) is 0.0909. The number of hydrogen-bond donors (Lipinski definition) is 1. The summed E-state index contributed by atoms with van der Waals surface area (Å²) in [6.45, 7) is 1.78. The van der Waals surface area contributed by atoms with E-state index in [-0.39, 0.29) is 0 Å². The van der Waals surface area contributed by atoms with Crippen molar-refractivity contribution in [3.05, 3.63) is 39.8 Å². The van der Waals surface area contributed by atoms with E-state index in [1.165, 1.54) is 6.08 Å². The lowest BCUT2D eigenvalue weighted by molar-refractivity contribution is -0.131. The zero-order valence-electron chi connectivity index (χ0n) is 8.82. The Hall–Kier alpha value is -1.52. The second-order valence-corrected chi connectivity index (χ2v) is 4.30. The Morgan fingerprint density at radius 1 is 1.53 bits per heavy atom. The molecule has 2 heterocycles. The number of aromatic nitrogens is 2. The van der Waals surface area contributed by atoms with Crippen molar-refractivity contribution in [2.75, 3.05) is 0 Å². The van der Waals surface area contributed by atoms with Gasteiger partial charge in [-0.15, -0.1) is 0 Å². The lowest BCUT2D eigenvalue weighted by atomic mass is 10.3. The van der Waals surface area contributed by atoms with Crippen LogP contribution < -0.4 is 0 Å². The van der Waals surface area contributed by atoms with Crippen molar-refractivity contribution in [2.45, 2.75) is 6.92 Å². The first-order valence-electron chi connectivity index (χ1n) is 4.74. The SMILES string of the molecule is Cc1nc2c(Cl)cc(Cl)cn2c1/C=C/C(=O)O. The van der Waals surface area contributed by atoms with E-state index >= 15 is 0 Å². The fourth-order valence-corrected chi connectivity index (χ4v) is 2.07. The van der Waals surface area contributed by atoms with Crippen LogP contribution in [0.1, 0.15) is 11.4 Å². The molecule has 0 fully saturated rings. The van der Waals surface area contributed by atoms with Crippen LogP contribution in [0.15, 0.2) is 18.3 Å². The zero-order valence-corrected chi connectivity index (χ0v) is 10.3. The molecular weight excluding hydrogens is 263 g/mol. The summed E-state index contributed by atoms with van der Waals surface area (Å²) in [5, 5.41) is 9.51. The molecule has 2 aromatic heterocycles. The van der Waals surface area contributed by atoms with Crippen molar-refractivity contribution in [1.29, 1.82) is 0 Å². The van der Waals surface area contributed by atoms with E-state index < -0.39 is 5.97 Å². The minimum absolute atomic E-state index is 0.426. The summed E-state index contributed by atoms with van der Waals surface area (Å²) in [6.07, 6.45) is 4.15. The van der Waals surface area contributed by atoms with Crippen molar-refractivity contribution in [3.8, 4) is 0 Å². The molecule has 0 aromatic carbocycles. The van der Waals surface area contributed by atoms with Gasteiger partial charge < -0.3 is 5.11 Å². The number of carboxylic acids is 1. The second-order valence-electron chi connectivity index (χ2n) is 3.45. The van der Waals surface area contributed by atoms with Gasteiger partial charge in [-0.25, -0.2) is 9.78 Å². The number of nitrogens with zero attached hydrogens (tertiary/aromatic N) is 2. The van der Waals surface area contributed by atoms with Crippen LogP contribution in [-0.4, -0.2) is 20.5 Å². The molecule has 0 unspecified atom stereocenters. The van der Waals surface area contributed by atoms with E-state index in [4.69, 9.17) is 28.3 Å². The van der Waals surface area contributed by atoms with Gasteiger partial charge in [-0.3, -0.25) is 4.40 Å². The number of halogens is 2. The maximum Gasteiger partial charge on any atom is 0.328 e. The molecule has 2 aromatic rings. The summed E-state index contributed by atoms with van der Waals surface area (Å²) >= 11 is 11.9. The largest absolute Gasteiger partial charge is 0.478 e. The topological polar surface area (TPSA) is 54.6 Å². The molecule has 0 bridgehead atoms. The third-order valence-electron chi connectivity index (χ3n) is 2.25. The number of carboxylic acid groups (broad SMARTS) is 1. The van der Waals surface area contributed by atoms with Crippen LogP contribution >= 0.6 is 23.2 Å². The molecule has 0 saturated carbocycles. The van der Waals surface area contributed by atoms with Gasteiger partial charge in [0.15, 0.2) is 5.65 Å². The summed E-state index contributed by atoms with van der Waals surface area (Å²) in [4.78, 5) is 14.8. The molecule has 0 amide bonds. The minimum atomic E-state index is -1.02. The summed E-state index contributed by atoms with van der Waals surface area (Å²) in [7, 11) is 0. The molecule has 0 saturated heterocycles. The predicted molar refractivity (Wildman–Crippen MR) is 66.6 cm³/mol. The maximum atomic E-state index is 10.5. The fourth-order valence-electron chi connectivity index (χ4n) is 1.55. The molecule has 17 heavy (non-hydrogen) atoms. The first kappa shape index (κ1) is 12.0. The normalized spacial score (nSPS) is 11.5. The minimum Gasteiger partial charge on any atom is -0.478 e. The Bertz CT molecular complexity index is 632.